The van der Waals surface area contributed by atoms with Crippen LogP contribution in [0.15, 0.2) is 0 Å². The molecule has 76 valence electrons. The Kier molecular flexibility index (Phi) is 3.20. The van der Waals surface area contributed by atoms with Gasteiger partial charge in [-0.15, -0.1) is 0 Å². The van der Waals surface area contributed by atoms with Gasteiger partial charge in [0.2, 0.25) is 0 Å². The van der Waals surface area contributed by atoms with Crippen molar-refractivity contribution >= 4 is 12.6 Å². The second-order valence-corrected chi connectivity index (χ2v) is 5.22. The van der Waals surface area contributed by atoms with Gasteiger partial charge in [0.1, 0.15) is 0 Å². The molecule has 1 aliphatic heterocycles. The minimum Gasteiger partial charge on any atom is -0.302 e. The number of piperidine rings is 1. The lowest BCUT2D eigenvalue weighted by atomic mass is 9.77. The van der Waals surface area contributed by atoms with Gasteiger partial charge in [-0.25, -0.2) is 0 Å². The van der Waals surface area contributed by atoms with E-state index in [2.05, 4.69) is 17.5 Å². The summed E-state index contributed by atoms with van der Waals surface area (Å²) in [5, 5.41) is 0. The Labute approximate surface area is 87.3 Å². The van der Waals surface area contributed by atoms with E-state index in [1.54, 1.807) is 0 Å². The fourth-order valence-corrected chi connectivity index (χ4v) is 3.30. The molecule has 2 aliphatic rings. The molecule has 0 radical (unpaired) electrons. The van der Waals surface area contributed by atoms with Crippen molar-refractivity contribution in [2.45, 2.75) is 38.5 Å². The van der Waals surface area contributed by atoms with Gasteiger partial charge in [0, 0.05) is 12.3 Å². The van der Waals surface area contributed by atoms with Crippen molar-refractivity contribution in [1.29, 1.82) is 0 Å². The van der Waals surface area contributed by atoms with E-state index in [4.69, 9.17) is 0 Å². The van der Waals surface area contributed by atoms with Crippen LogP contribution in [0.25, 0.3) is 0 Å². The number of rotatable bonds is 2. The predicted octanol–water partition coefficient (Wildman–Crippen LogP) is 2.57. The van der Waals surface area contributed by atoms with Crippen LogP contribution < -0.4 is 0 Å². The third-order valence-corrected chi connectivity index (χ3v) is 4.20. The molecular formula is C11H21NS. The summed E-state index contributed by atoms with van der Waals surface area (Å²) in [4.78, 5) is 2.58. The first-order valence-corrected chi connectivity index (χ1v) is 6.31. The SMILES string of the molecule is SCCN1CCC2(CCCC2)CC1. The van der Waals surface area contributed by atoms with E-state index < -0.39 is 0 Å². The number of likely N-dealkylation sites (tertiary alicyclic amines) is 1. The van der Waals surface area contributed by atoms with Crippen LogP contribution in [0.1, 0.15) is 38.5 Å². The van der Waals surface area contributed by atoms with Crippen molar-refractivity contribution in [3.63, 3.8) is 0 Å². The van der Waals surface area contributed by atoms with Crippen molar-refractivity contribution in [1.82, 2.24) is 4.90 Å². The normalized spacial score (nSPS) is 28.4. The summed E-state index contributed by atoms with van der Waals surface area (Å²) >= 11 is 4.29. The molecule has 0 aromatic carbocycles. The molecule has 0 atom stereocenters. The Hall–Kier alpha value is 0.310. The van der Waals surface area contributed by atoms with Crippen molar-refractivity contribution < 1.29 is 0 Å². The van der Waals surface area contributed by atoms with E-state index in [1.807, 2.05) is 0 Å². The first-order chi connectivity index (χ1) is 6.35. The minimum atomic E-state index is 0.785. The average molecular weight is 199 g/mol. The van der Waals surface area contributed by atoms with Gasteiger partial charge in [-0.1, -0.05) is 12.8 Å². The molecule has 0 bridgehead atoms. The molecule has 1 spiro atoms. The zero-order valence-electron chi connectivity index (χ0n) is 8.47. The van der Waals surface area contributed by atoms with Crippen molar-refractivity contribution in [3.8, 4) is 0 Å². The molecule has 13 heavy (non-hydrogen) atoms. The average Bonchev–Trinajstić information content (AvgIpc) is 2.59. The molecule has 0 amide bonds. The topological polar surface area (TPSA) is 3.24 Å². The molecular weight excluding hydrogens is 178 g/mol. The summed E-state index contributed by atoms with van der Waals surface area (Å²) in [6, 6.07) is 0. The van der Waals surface area contributed by atoms with Crippen LogP contribution in [0.4, 0.5) is 0 Å². The molecule has 2 rings (SSSR count). The largest absolute Gasteiger partial charge is 0.302 e. The number of hydrogen-bond acceptors (Lipinski definition) is 2. The zero-order valence-corrected chi connectivity index (χ0v) is 9.36. The van der Waals surface area contributed by atoms with Crippen LogP contribution in [-0.4, -0.2) is 30.3 Å². The quantitative estimate of drug-likeness (QED) is 0.669. The summed E-state index contributed by atoms with van der Waals surface area (Å²) in [5.74, 6) is 1.02. The number of hydrogen-bond donors (Lipinski definition) is 1. The van der Waals surface area contributed by atoms with E-state index in [0.717, 1.165) is 11.2 Å². The first kappa shape index (κ1) is 9.85. The maximum absolute atomic E-state index is 4.29. The zero-order chi connectivity index (χ0) is 9.15. The van der Waals surface area contributed by atoms with Crippen molar-refractivity contribution in [2.24, 2.45) is 5.41 Å². The van der Waals surface area contributed by atoms with Gasteiger partial charge in [0.25, 0.3) is 0 Å². The Bertz CT molecular complexity index is 153. The Balaban J connectivity index is 1.81. The molecule has 0 aromatic rings. The second kappa shape index (κ2) is 4.22. The second-order valence-electron chi connectivity index (χ2n) is 4.77. The Morgan fingerprint density at radius 3 is 2.15 bits per heavy atom. The highest BCUT2D eigenvalue weighted by atomic mass is 32.1. The maximum atomic E-state index is 4.29. The van der Waals surface area contributed by atoms with Gasteiger partial charge in [-0.3, -0.25) is 0 Å². The highest BCUT2D eigenvalue weighted by Gasteiger charge is 2.36. The summed E-state index contributed by atoms with van der Waals surface area (Å²) in [5.41, 5.74) is 0.785. The first-order valence-electron chi connectivity index (χ1n) is 5.68. The molecule has 0 unspecified atom stereocenters. The van der Waals surface area contributed by atoms with Gasteiger partial charge in [0.15, 0.2) is 0 Å². The van der Waals surface area contributed by atoms with Crippen LogP contribution in [0.5, 0.6) is 0 Å². The van der Waals surface area contributed by atoms with Gasteiger partial charge >= 0.3 is 0 Å². The summed E-state index contributed by atoms with van der Waals surface area (Å²) in [7, 11) is 0. The third kappa shape index (κ3) is 2.21. The highest BCUT2D eigenvalue weighted by Crippen LogP contribution is 2.45. The van der Waals surface area contributed by atoms with E-state index in [9.17, 15) is 0 Å². The van der Waals surface area contributed by atoms with E-state index in [1.165, 1.54) is 58.2 Å². The lowest BCUT2D eigenvalue weighted by Gasteiger charge is -2.39. The molecule has 1 saturated carbocycles. The lowest BCUT2D eigenvalue weighted by Crippen LogP contribution is -2.39. The molecule has 1 heterocycles. The van der Waals surface area contributed by atoms with Gasteiger partial charge < -0.3 is 4.90 Å². The summed E-state index contributed by atoms with van der Waals surface area (Å²) in [6.45, 7) is 3.86. The monoisotopic (exact) mass is 199 g/mol. The van der Waals surface area contributed by atoms with E-state index >= 15 is 0 Å². The molecule has 2 heteroatoms. The van der Waals surface area contributed by atoms with Gasteiger partial charge in [-0.2, -0.15) is 12.6 Å². The van der Waals surface area contributed by atoms with Crippen LogP contribution in [0.2, 0.25) is 0 Å². The number of nitrogens with zero attached hydrogens (tertiary/aromatic N) is 1. The molecule has 0 N–H and O–H groups in total. The summed E-state index contributed by atoms with van der Waals surface area (Å²) < 4.78 is 0. The molecule has 1 aliphatic carbocycles. The van der Waals surface area contributed by atoms with Crippen LogP contribution in [0, 0.1) is 5.41 Å². The standard InChI is InChI=1S/C11H21NS/c13-10-9-12-7-5-11(6-8-12)3-1-2-4-11/h13H,1-10H2. The number of thiol groups is 1. The van der Waals surface area contributed by atoms with Gasteiger partial charge in [-0.05, 0) is 44.2 Å². The van der Waals surface area contributed by atoms with Crippen LogP contribution in [-0.2, 0) is 0 Å². The van der Waals surface area contributed by atoms with Crippen LogP contribution in [0.3, 0.4) is 0 Å². The molecule has 1 saturated heterocycles. The minimum absolute atomic E-state index is 0.785. The predicted molar refractivity (Wildman–Crippen MR) is 60.4 cm³/mol. The highest BCUT2D eigenvalue weighted by molar-refractivity contribution is 7.80. The van der Waals surface area contributed by atoms with E-state index in [0.29, 0.717) is 0 Å². The van der Waals surface area contributed by atoms with Crippen molar-refractivity contribution in [3.05, 3.63) is 0 Å². The molecule has 2 fully saturated rings. The maximum Gasteiger partial charge on any atom is 0.00698 e. The fourth-order valence-electron chi connectivity index (χ4n) is 3.02. The molecule has 1 nitrogen and oxygen atoms in total. The smallest absolute Gasteiger partial charge is 0.00698 e. The third-order valence-electron chi connectivity index (χ3n) is 4.00. The lowest BCUT2D eigenvalue weighted by molar-refractivity contribution is 0.114. The molecule has 0 aromatic heterocycles. The fraction of sp³-hybridized carbons (Fsp3) is 1.00. The Morgan fingerprint density at radius 1 is 1.00 bits per heavy atom. The van der Waals surface area contributed by atoms with E-state index in [-0.39, 0.29) is 0 Å². The van der Waals surface area contributed by atoms with Crippen LogP contribution >= 0.6 is 12.6 Å². The van der Waals surface area contributed by atoms with Crippen molar-refractivity contribution in [2.75, 3.05) is 25.4 Å². The summed E-state index contributed by atoms with van der Waals surface area (Å²) in [6.07, 6.45) is 8.93. The Morgan fingerprint density at radius 2 is 1.62 bits per heavy atom. The van der Waals surface area contributed by atoms with Gasteiger partial charge in [0.05, 0.1) is 0 Å².